The lowest BCUT2D eigenvalue weighted by molar-refractivity contribution is -0.0511. The van der Waals surface area contributed by atoms with Gasteiger partial charge in [-0.25, -0.2) is 23.7 Å². The number of hydrogen-bond acceptors (Lipinski definition) is 9. The van der Waals surface area contributed by atoms with Crippen molar-refractivity contribution in [2.75, 3.05) is 17.2 Å². The van der Waals surface area contributed by atoms with Gasteiger partial charge in [0.2, 0.25) is 11.8 Å². The van der Waals surface area contributed by atoms with Crippen LogP contribution in [0.25, 0.3) is 0 Å². The maximum absolute atomic E-state index is 13.1. The van der Waals surface area contributed by atoms with Gasteiger partial charge in [-0.15, -0.1) is 0 Å². The molecule has 1 saturated carbocycles. The number of nitrogens with zero attached hydrogens (tertiary/aromatic N) is 5. The zero-order valence-corrected chi connectivity index (χ0v) is 16.9. The van der Waals surface area contributed by atoms with E-state index in [9.17, 15) is 19.1 Å². The lowest BCUT2D eigenvalue weighted by Gasteiger charge is -2.49. The molecule has 2 heterocycles. The maximum atomic E-state index is 13.1. The van der Waals surface area contributed by atoms with Crippen LogP contribution in [0.15, 0.2) is 18.7 Å². The fourth-order valence-corrected chi connectivity index (χ4v) is 2.94. The number of nitriles is 1. The SMILES string of the molecule is CC(F)(F)COc1ncncc1CNc1ncc(C#N)c(N[C@H]2C[C@H](O)C2(C)C)n1. The smallest absolute Gasteiger partial charge is 0.278 e. The van der Waals surface area contributed by atoms with Gasteiger partial charge in [0.1, 0.15) is 23.8 Å². The minimum atomic E-state index is -2.99. The summed E-state index contributed by atoms with van der Waals surface area (Å²) in [7, 11) is 0. The second-order valence-corrected chi connectivity index (χ2v) is 7.90. The van der Waals surface area contributed by atoms with Crippen molar-refractivity contribution in [1.82, 2.24) is 19.9 Å². The molecule has 0 aliphatic heterocycles. The highest BCUT2D eigenvalue weighted by Crippen LogP contribution is 2.42. The summed E-state index contributed by atoms with van der Waals surface area (Å²) in [6, 6.07) is 2.00. The van der Waals surface area contributed by atoms with E-state index in [-0.39, 0.29) is 35.4 Å². The Balaban J connectivity index is 1.70. The van der Waals surface area contributed by atoms with Crippen molar-refractivity contribution in [2.24, 2.45) is 5.41 Å². The van der Waals surface area contributed by atoms with Crippen molar-refractivity contribution in [3.05, 3.63) is 29.8 Å². The molecule has 2 atom stereocenters. The van der Waals surface area contributed by atoms with E-state index in [0.717, 1.165) is 6.92 Å². The van der Waals surface area contributed by atoms with Crippen LogP contribution < -0.4 is 15.4 Å². The molecule has 0 radical (unpaired) electrons. The average molecular weight is 419 g/mol. The standard InChI is InChI=1S/C19H23F2N7O2/c1-18(2)13(4-14(18)29)27-15-11(5-22)7-24-17(28-15)25-8-12-6-23-10-26-16(12)30-9-19(3,20)21/h6-7,10,13-14,29H,4,8-9H2,1-3H3,(H2,24,25,27,28)/t13-,14-/m0/s1. The number of aliphatic hydroxyl groups excluding tert-OH is 1. The van der Waals surface area contributed by atoms with Crippen LogP contribution in [-0.4, -0.2) is 49.7 Å². The van der Waals surface area contributed by atoms with E-state index in [1.165, 1.54) is 18.7 Å². The maximum Gasteiger partial charge on any atom is 0.278 e. The molecule has 2 aromatic rings. The number of aliphatic hydroxyl groups is 1. The lowest BCUT2D eigenvalue weighted by Crippen LogP contribution is -2.57. The number of alkyl halides is 2. The fourth-order valence-electron chi connectivity index (χ4n) is 2.94. The molecule has 0 spiro atoms. The summed E-state index contributed by atoms with van der Waals surface area (Å²) >= 11 is 0. The zero-order chi connectivity index (χ0) is 21.9. The number of anilines is 2. The van der Waals surface area contributed by atoms with Crippen LogP contribution >= 0.6 is 0 Å². The summed E-state index contributed by atoms with van der Waals surface area (Å²) in [5.74, 6) is -2.37. The Bertz CT molecular complexity index is 943. The van der Waals surface area contributed by atoms with Crippen molar-refractivity contribution < 1.29 is 18.6 Å². The summed E-state index contributed by atoms with van der Waals surface area (Å²) < 4.78 is 31.2. The molecule has 0 unspecified atom stereocenters. The monoisotopic (exact) mass is 419 g/mol. The Morgan fingerprint density at radius 2 is 2.13 bits per heavy atom. The second kappa shape index (κ2) is 8.31. The molecule has 2 aromatic heterocycles. The van der Waals surface area contributed by atoms with Crippen molar-refractivity contribution in [3.63, 3.8) is 0 Å². The molecule has 3 N–H and O–H groups in total. The topological polar surface area (TPSA) is 129 Å². The number of hydrogen-bond donors (Lipinski definition) is 3. The van der Waals surface area contributed by atoms with Crippen molar-refractivity contribution in [1.29, 1.82) is 5.26 Å². The van der Waals surface area contributed by atoms with Crippen molar-refractivity contribution >= 4 is 11.8 Å². The number of ether oxygens (including phenoxy) is 1. The third kappa shape index (κ3) is 4.88. The van der Waals surface area contributed by atoms with Crippen LogP contribution in [-0.2, 0) is 6.54 Å². The Morgan fingerprint density at radius 1 is 1.37 bits per heavy atom. The predicted molar refractivity (Wildman–Crippen MR) is 104 cm³/mol. The Labute approximate surface area is 172 Å². The minimum absolute atomic E-state index is 0.0382. The van der Waals surface area contributed by atoms with Crippen LogP contribution in [0, 0.1) is 16.7 Å². The van der Waals surface area contributed by atoms with Crippen LogP contribution in [0.3, 0.4) is 0 Å². The quantitative estimate of drug-likeness (QED) is 0.590. The van der Waals surface area contributed by atoms with Gasteiger partial charge >= 0.3 is 0 Å². The first-order valence-electron chi connectivity index (χ1n) is 9.35. The van der Waals surface area contributed by atoms with E-state index in [2.05, 4.69) is 30.6 Å². The summed E-state index contributed by atoms with van der Waals surface area (Å²) in [6.45, 7) is 3.95. The largest absolute Gasteiger partial charge is 0.471 e. The fraction of sp³-hybridized carbons (Fsp3) is 0.526. The molecule has 0 aromatic carbocycles. The molecule has 0 amide bonds. The van der Waals surface area contributed by atoms with Crippen LogP contribution in [0.4, 0.5) is 20.5 Å². The first kappa shape index (κ1) is 21.6. The van der Waals surface area contributed by atoms with E-state index in [1.54, 1.807) is 0 Å². The van der Waals surface area contributed by atoms with Crippen LogP contribution in [0.2, 0.25) is 0 Å². The Morgan fingerprint density at radius 3 is 2.77 bits per heavy atom. The van der Waals surface area contributed by atoms with Crippen molar-refractivity contribution in [2.45, 2.75) is 51.8 Å². The molecule has 30 heavy (non-hydrogen) atoms. The minimum Gasteiger partial charge on any atom is -0.471 e. The molecule has 11 heteroatoms. The third-order valence-electron chi connectivity index (χ3n) is 5.08. The summed E-state index contributed by atoms with van der Waals surface area (Å²) in [5, 5.41) is 25.4. The van der Waals surface area contributed by atoms with E-state index < -0.39 is 18.6 Å². The molecular weight excluding hydrogens is 396 g/mol. The molecule has 0 saturated heterocycles. The van der Waals surface area contributed by atoms with Gasteiger partial charge in [-0.2, -0.15) is 10.2 Å². The lowest BCUT2D eigenvalue weighted by atomic mass is 9.64. The summed E-state index contributed by atoms with van der Waals surface area (Å²) in [4.78, 5) is 16.2. The molecule has 1 fully saturated rings. The zero-order valence-electron chi connectivity index (χ0n) is 16.9. The summed E-state index contributed by atoms with van der Waals surface area (Å²) in [6.07, 6.45) is 4.17. The Hall–Kier alpha value is -3.13. The first-order chi connectivity index (χ1) is 14.1. The average Bonchev–Trinajstić information content (AvgIpc) is 2.70. The number of aromatic nitrogens is 4. The van der Waals surface area contributed by atoms with Gasteiger partial charge in [0, 0.05) is 31.1 Å². The Kier molecular flexibility index (Phi) is 5.98. The van der Waals surface area contributed by atoms with Crippen LogP contribution in [0.5, 0.6) is 5.88 Å². The highest BCUT2D eigenvalue weighted by molar-refractivity contribution is 5.54. The number of halogens is 2. The van der Waals surface area contributed by atoms with E-state index >= 15 is 0 Å². The molecule has 3 rings (SSSR count). The number of nitrogens with one attached hydrogen (secondary N) is 2. The van der Waals surface area contributed by atoms with Gasteiger partial charge < -0.3 is 20.5 Å². The first-order valence-corrected chi connectivity index (χ1v) is 9.35. The predicted octanol–water partition coefficient (Wildman–Crippen LogP) is 2.36. The van der Waals surface area contributed by atoms with Crippen molar-refractivity contribution in [3.8, 4) is 11.9 Å². The normalized spacial score (nSPS) is 20.0. The van der Waals surface area contributed by atoms with Gasteiger partial charge in [0.05, 0.1) is 17.9 Å². The highest BCUT2D eigenvalue weighted by Gasteiger charge is 2.47. The van der Waals surface area contributed by atoms with E-state index in [1.807, 2.05) is 19.9 Å². The number of rotatable bonds is 8. The molecule has 9 nitrogen and oxygen atoms in total. The molecule has 1 aliphatic rings. The van der Waals surface area contributed by atoms with Gasteiger partial charge in [-0.3, -0.25) is 0 Å². The molecular formula is C19H23F2N7O2. The second-order valence-electron chi connectivity index (χ2n) is 7.90. The van der Waals surface area contributed by atoms with Gasteiger partial charge in [-0.1, -0.05) is 13.8 Å². The van der Waals surface area contributed by atoms with Gasteiger partial charge in [0.25, 0.3) is 5.92 Å². The molecule has 0 bridgehead atoms. The highest BCUT2D eigenvalue weighted by atomic mass is 19.3. The summed E-state index contributed by atoms with van der Waals surface area (Å²) in [5.41, 5.74) is 0.377. The molecule has 160 valence electrons. The molecule has 1 aliphatic carbocycles. The van der Waals surface area contributed by atoms with E-state index in [0.29, 0.717) is 17.8 Å². The van der Waals surface area contributed by atoms with Gasteiger partial charge in [0.15, 0.2) is 6.61 Å². The van der Waals surface area contributed by atoms with Gasteiger partial charge in [-0.05, 0) is 6.42 Å². The third-order valence-corrected chi connectivity index (χ3v) is 5.08. The van der Waals surface area contributed by atoms with E-state index in [4.69, 9.17) is 4.74 Å². The van der Waals surface area contributed by atoms with Crippen LogP contribution in [0.1, 0.15) is 38.3 Å².